The van der Waals surface area contributed by atoms with Gasteiger partial charge in [0, 0.05) is 7.05 Å². The fourth-order valence-corrected chi connectivity index (χ4v) is 2.42. The number of rotatable bonds is 2. The van der Waals surface area contributed by atoms with E-state index in [1.807, 2.05) is 19.9 Å². The van der Waals surface area contributed by atoms with E-state index in [-0.39, 0.29) is 5.82 Å². The van der Waals surface area contributed by atoms with Crippen molar-refractivity contribution < 1.29 is 4.39 Å². The molecule has 0 bridgehead atoms. The number of aromatic nitrogens is 2. The summed E-state index contributed by atoms with van der Waals surface area (Å²) < 4.78 is 13.8. The molecule has 0 atom stereocenters. The van der Waals surface area contributed by atoms with Crippen molar-refractivity contribution in [3.8, 4) is 10.6 Å². The molecule has 1 heterocycles. The lowest BCUT2D eigenvalue weighted by Gasteiger charge is -2.04. The monoisotopic (exact) mass is 237 g/mol. The highest BCUT2D eigenvalue weighted by Crippen LogP contribution is 2.31. The van der Waals surface area contributed by atoms with Crippen LogP contribution in [0.1, 0.15) is 11.1 Å². The van der Waals surface area contributed by atoms with Gasteiger partial charge in [0.25, 0.3) is 0 Å². The van der Waals surface area contributed by atoms with E-state index in [0.717, 1.165) is 11.1 Å². The molecule has 0 saturated heterocycles. The first-order valence-corrected chi connectivity index (χ1v) is 5.72. The normalized spacial score (nSPS) is 10.5. The van der Waals surface area contributed by atoms with Crippen LogP contribution in [0.25, 0.3) is 10.6 Å². The van der Waals surface area contributed by atoms with Crippen LogP contribution in [0.5, 0.6) is 0 Å². The van der Waals surface area contributed by atoms with E-state index >= 15 is 0 Å². The Labute approximate surface area is 97.3 Å². The molecule has 2 rings (SSSR count). The van der Waals surface area contributed by atoms with Gasteiger partial charge in [-0.3, -0.25) is 0 Å². The Morgan fingerprint density at radius 2 is 2.00 bits per heavy atom. The largest absolute Gasteiger partial charge is 0.363 e. The van der Waals surface area contributed by atoms with Crippen LogP contribution in [0.2, 0.25) is 0 Å². The fraction of sp³-hybridized carbons (Fsp3) is 0.273. The minimum atomic E-state index is -0.240. The van der Waals surface area contributed by atoms with Crippen LogP contribution in [-0.2, 0) is 0 Å². The molecule has 0 unspecified atom stereocenters. The number of benzene rings is 1. The summed E-state index contributed by atoms with van der Waals surface area (Å²) in [5, 5.41) is 12.1. The molecule has 1 aromatic carbocycles. The summed E-state index contributed by atoms with van der Waals surface area (Å²) >= 11 is 1.35. The molecule has 0 aliphatic heterocycles. The van der Waals surface area contributed by atoms with Gasteiger partial charge in [0.2, 0.25) is 5.13 Å². The molecule has 3 nitrogen and oxygen atoms in total. The smallest absolute Gasteiger partial charge is 0.205 e. The van der Waals surface area contributed by atoms with Crippen LogP contribution in [0.3, 0.4) is 0 Å². The third-order valence-corrected chi connectivity index (χ3v) is 3.24. The third kappa shape index (κ3) is 1.90. The van der Waals surface area contributed by atoms with E-state index in [2.05, 4.69) is 15.5 Å². The zero-order valence-electron chi connectivity index (χ0n) is 9.34. The maximum atomic E-state index is 13.8. The number of halogens is 1. The Balaban J connectivity index is 2.55. The van der Waals surface area contributed by atoms with Crippen molar-refractivity contribution in [3.05, 3.63) is 29.1 Å². The van der Waals surface area contributed by atoms with E-state index in [0.29, 0.717) is 15.7 Å². The number of anilines is 1. The molecule has 0 spiro atoms. The second-order valence-electron chi connectivity index (χ2n) is 3.60. The van der Waals surface area contributed by atoms with Crippen molar-refractivity contribution in [1.82, 2.24) is 10.2 Å². The topological polar surface area (TPSA) is 37.8 Å². The predicted molar refractivity (Wildman–Crippen MR) is 64.3 cm³/mol. The Morgan fingerprint density at radius 3 is 2.56 bits per heavy atom. The van der Waals surface area contributed by atoms with Crippen molar-refractivity contribution in [2.75, 3.05) is 12.4 Å². The van der Waals surface area contributed by atoms with Crippen molar-refractivity contribution in [2.45, 2.75) is 13.8 Å². The van der Waals surface area contributed by atoms with Crippen molar-refractivity contribution in [1.29, 1.82) is 0 Å². The first-order chi connectivity index (χ1) is 7.61. The Morgan fingerprint density at radius 1 is 1.25 bits per heavy atom. The fourth-order valence-electron chi connectivity index (χ4n) is 1.61. The number of aryl methyl sites for hydroxylation is 2. The van der Waals surface area contributed by atoms with Gasteiger partial charge in [0.1, 0.15) is 5.82 Å². The number of nitrogens with one attached hydrogen (secondary N) is 1. The van der Waals surface area contributed by atoms with E-state index in [9.17, 15) is 4.39 Å². The van der Waals surface area contributed by atoms with E-state index < -0.39 is 0 Å². The lowest BCUT2D eigenvalue weighted by Crippen LogP contribution is -1.90. The molecule has 0 saturated carbocycles. The van der Waals surface area contributed by atoms with Gasteiger partial charge in [-0.1, -0.05) is 17.4 Å². The SMILES string of the molecule is CNc1nnc(-c2c(C)cc(C)cc2F)s1. The van der Waals surface area contributed by atoms with Gasteiger partial charge in [0.15, 0.2) is 5.01 Å². The second-order valence-corrected chi connectivity index (χ2v) is 4.58. The van der Waals surface area contributed by atoms with Gasteiger partial charge in [-0.15, -0.1) is 10.2 Å². The van der Waals surface area contributed by atoms with E-state index in [4.69, 9.17) is 0 Å². The van der Waals surface area contributed by atoms with Crippen molar-refractivity contribution in [2.24, 2.45) is 0 Å². The molecular formula is C11H12FN3S. The highest BCUT2D eigenvalue weighted by Gasteiger charge is 2.13. The standard InChI is InChI=1S/C11H12FN3S/c1-6-4-7(2)9(8(12)5-6)10-14-15-11(13-3)16-10/h4-5H,1-3H3,(H,13,15). The minimum absolute atomic E-state index is 0.240. The van der Waals surface area contributed by atoms with Crippen molar-refractivity contribution >= 4 is 16.5 Å². The van der Waals surface area contributed by atoms with Gasteiger partial charge in [-0.05, 0) is 31.0 Å². The molecule has 1 N–H and O–H groups in total. The Kier molecular flexibility index (Phi) is 2.87. The average Bonchev–Trinajstić information content (AvgIpc) is 2.64. The summed E-state index contributed by atoms with van der Waals surface area (Å²) in [6.07, 6.45) is 0. The van der Waals surface area contributed by atoms with Gasteiger partial charge < -0.3 is 5.32 Å². The summed E-state index contributed by atoms with van der Waals surface area (Å²) in [5.41, 5.74) is 2.35. The van der Waals surface area contributed by atoms with Crippen molar-refractivity contribution in [3.63, 3.8) is 0 Å². The maximum Gasteiger partial charge on any atom is 0.205 e. The maximum absolute atomic E-state index is 13.8. The molecule has 1 aromatic heterocycles. The van der Waals surface area contributed by atoms with Gasteiger partial charge in [-0.25, -0.2) is 4.39 Å². The molecule has 0 aliphatic rings. The molecular weight excluding hydrogens is 225 g/mol. The number of hydrogen-bond acceptors (Lipinski definition) is 4. The summed E-state index contributed by atoms with van der Waals surface area (Å²) in [5.74, 6) is -0.240. The van der Waals surface area contributed by atoms with Crippen LogP contribution in [-0.4, -0.2) is 17.2 Å². The van der Waals surface area contributed by atoms with Crippen LogP contribution in [0, 0.1) is 19.7 Å². The van der Waals surface area contributed by atoms with Crippen LogP contribution < -0.4 is 5.32 Å². The zero-order valence-corrected chi connectivity index (χ0v) is 10.2. The Bertz CT molecular complexity index is 499. The van der Waals surface area contributed by atoms with E-state index in [1.54, 1.807) is 7.05 Å². The predicted octanol–water partition coefficient (Wildman–Crippen LogP) is 3.00. The lowest BCUT2D eigenvalue weighted by molar-refractivity contribution is 0.628. The van der Waals surface area contributed by atoms with Gasteiger partial charge in [0.05, 0.1) is 5.56 Å². The third-order valence-electron chi connectivity index (χ3n) is 2.28. The molecule has 0 radical (unpaired) electrons. The zero-order chi connectivity index (χ0) is 11.7. The highest BCUT2D eigenvalue weighted by atomic mass is 32.1. The summed E-state index contributed by atoms with van der Waals surface area (Å²) in [6, 6.07) is 3.46. The Hall–Kier alpha value is -1.49. The number of hydrogen-bond donors (Lipinski definition) is 1. The van der Waals surface area contributed by atoms with E-state index in [1.165, 1.54) is 17.4 Å². The highest BCUT2D eigenvalue weighted by molar-refractivity contribution is 7.18. The first-order valence-electron chi connectivity index (χ1n) is 4.90. The summed E-state index contributed by atoms with van der Waals surface area (Å²) in [7, 11) is 1.77. The molecule has 2 aromatic rings. The summed E-state index contributed by atoms with van der Waals surface area (Å²) in [4.78, 5) is 0. The molecule has 0 fully saturated rings. The first kappa shape index (κ1) is 11.0. The molecule has 84 valence electrons. The van der Waals surface area contributed by atoms with Crippen LogP contribution >= 0.6 is 11.3 Å². The van der Waals surface area contributed by atoms with Crippen LogP contribution in [0.15, 0.2) is 12.1 Å². The second kappa shape index (κ2) is 4.17. The molecule has 16 heavy (non-hydrogen) atoms. The van der Waals surface area contributed by atoms with Gasteiger partial charge in [-0.2, -0.15) is 0 Å². The summed E-state index contributed by atoms with van der Waals surface area (Å²) in [6.45, 7) is 3.75. The quantitative estimate of drug-likeness (QED) is 0.872. The lowest BCUT2D eigenvalue weighted by atomic mass is 10.1. The minimum Gasteiger partial charge on any atom is -0.363 e. The molecule has 5 heteroatoms. The number of nitrogens with zero attached hydrogens (tertiary/aromatic N) is 2. The van der Waals surface area contributed by atoms with Crippen LogP contribution in [0.4, 0.5) is 9.52 Å². The average molecular weight is 237 g/mol. The van der Waals surface area contributed by atoms with Gasteiger partial charge >= 0.3 is 0 Å². The molecule has 0 aliphatic carbocycles. The molecule has 0 amide bonds.